The second kappa shape index (κ2) is 4.13. The molecule has 1 N–H and O–H groups in total. The first-order valence-electron chi connectivity index (χ1n) is 4.77. The summed E-state index contributed by atoms with van der Waals surface area (Å²) < 4.78 is 4.70. The predicted molar refractivity (Wildman–Crippen MR) is 53.7 cm³/mol. The van der Waals surface area contributed by atoms with Crippen LogP contribution in [0.25, 0.3) is 0 Å². The molecule has 1 aromatic carbocycles. The van der Waals surface area contributed by atoms with E-state index < -0.39 is 6.09 Å². The Morgan fingerprint density at radius 2 is 2.13 bits per heavy atom. The summed E-state index contributed by atoms with van der Waals surface area (Å²) in [4.78, 5) is 22.4. The van der Waals surface area contributed by atoms with Gasteiger partial charge in [0.15, 0.2) is 5.78 Å². The standard InChI is InChI=1S/C11H11NO3/c13-10(8-4-2-1-3-5-8)6-9-7-15-11(14)12-9/h1-5,9H,6-7H2,(H,12,14). The van der Waals surface area contributed by atoms with Gasteiger partial charge < -0.3 is 10.1 Å². The quantitative estimate of drug-likeness (QED) is 0.758. The Kier molecular flexibility index (Phi) is 2.67. The number of hydrogen-bond donors (Lipinski definition) is 1. The summed E-state index contributed by atoms with van der Waals surface area (Å²) in [6.45, 7) is 0.275. The molecule has 4 nitrogen and oxygen atoms in total. The molecule has 1 aliphatic rings. The van der Waals surface area contributed by atoms with Crippen molar-refractivity contribution >= 4 is 11.9 Å². The number of ketones is 1. The molecule has 0 bridgehead atoms. The lowest BCUT2D eigenvalue weighted by atomic mass is 10.0. The number of carbonyl (C=O) groups is 2. The summed E-state index contributed by atoms with van der Waals surface area (Å²) in [5.74, 6) is 0.0198. The van der Waals surface area contributed by atoms with Gasteiger partial charge in [0, 0.05) is 12.0 Å². The highest BCUT2D eigenvalue weighted by Gasteiger charge is 2.24. The van der Waals surface area contributed by atoms with Crippen LogP contribution in [0, 0.1) is 0 Å². The molecule has 0 saturated carbocycles. The number of benzene rings is 1. The molecule has 1 amide bonds. The molecule has 0 aromatic heterocycles. The molecule has 2 rings (SSSR count). The fourth-order valence-electron chi connectivity index (χ4n) is 1.50. The van der Waals surface area contributed by atoms with Crippen molar-refractivity contribution in [2.45, 2.75) is 12.5 Å². The second-order valence-corrected chi connectivity index (χ2v) is 3.43. The summed E-state index contributed by atoms with van der Waals surface area (Å²) >= 11 is 0. The SMILES string of the molecule is O=C1NC(CC(=O)c2ccccc2)CO1. The number of rotatable bonds is 3. The average Bonchev–Trinajstić information content (AvgIpc) is 2.65. The Labute approximate surface area is 87.2 Å². The van der Waals surface area contributed by atoms with E-state index in [4.69, 9.17) is 4.74 Å². The molecule has 4 heteroatoms. The maximum Gasteiger partial charge on any atom is 0.407 e. The molecule has 0 radical (unpaired) electrons. The zero-order valence-corrected chi connectivity index (χ0v) is 8.10. The van der Waals surface area contributed by atoms with E-state index in [2.05, 4.69) is 5.32 Å². The first-order chi connectivity index (χ1) is 7.25. The summed E-state index contributed by atoms with van der Waals surface area (Å²) in [5, 5.41) is 2.57. The Balaban J connectivity index is 1.96. The lowest BCUT2D eigenvalue weighted by molar-refractivity contribution is 0.0968. The van der Waals surface area contributed by atoms with Crippen molar-refractivity contribution in [2.75, 3.05) is 6.61 Å². The molecule has 1 heterocycles. The molecule has 1 aromatic rings. The van der Waals surface area contributed by atoms with Crippen molar-refractivity contribution in [1.29, 1.82) is 0 Å². The van der Waals surface area contributed by atoms with Gasteiger partial charge in [-0.15, -0.1) is 0 Å². The molecule has 1 unspecified atom stereocenters. The summed E-state index contributed by atoms with van der Waals surface area (Å²) in [7, 11) is 0. The molecule has 15 heavy (non-hydrogen) atoms. The van der Waals surface area contributed by atoms with Crippen molar-refractivity contribution < 1.29 is 14.3 Å². The van der Waals surface area contributed by atoms with Gasteiger partial charge in [0.2, 0.25) is 0 Å². The van der Waals surface area contributed by atoms with Gasteiger partial charge in [-0.2, -0.15) is 0 Å². The van der Waals surface area contributed by atoms with E-state index in [0.717, 1.165) is 0 Å². The number of nitrogens with one attached hydrogen (secondary N) is 1. The molecule has 0 spiro atoms. The number of ether oxygens (including phenoxy) is 1. The van der Waals surface area contributed by atoms with Gasteiger partial charge in [-0.3, -0.25) is 4.79 Å². The number of hydrogen-bond acceptors (Lipinski definition) is 3. The van der Waals surface area contributed by atoms with Gasteiger partial charge >= 0.3 is 6.09 Å². The van der Waals surface area contributed by atoms with Crippen LogP contribution in [0.1, 0.15) is 16.8 Å². The lowest BCUT2D eigenvalue weighted by Gasteiger charge is -2.05. The van der Waals surface area contributed by atoms with Gasteiger partial charge in [-0.1, -0.05) is 30.3 Å². The summed E-state index contributed by atoms with van der Waals surface area (Å²) in [5.41, 5.74) is 0.665. The van der Waals surface area contributed by atoms with E-state index in [-0.39, 0.29) is 24.9 Å². The van der Waals surface area contributed by atoms with Crippen molar-refractivity contribution in [3.63, 3.8) is 0 Å². The fourth-order valence-corrected chi connectivity index (χ4v) is 1.50. The van der Waals surface area contributed by atoms with Gasteiger partial charge in [0.05, 0.1) is 6.04 Å². The van der Waals surface area contributed by atoms with E-state index in [1.54, 1.807) is 12.1 Å². The minimum atomic E-state index is -0.444. The molecule has 0 aliphatic carbocycles. The third-order valence-electron chi connectivity index (χ3n) is 2.27. The highest BCUT2D eigenvalue weighted by Crippen LogP contribution is 2.08. The zero-order chi connectivity index (χ0) is 10.7. The van der Waals surface area contributed by atoms with Crippen LogP contribution < -0.4 is 5.32 Å². The second-order valence-electron chi connectivity index (χ2n) is 3.43. The Bertz CT molecular complexity index is 375. The lowest BCUT2D eigenvalue weighted by Crippen LogP contribution is -2.28. The third kappa shape index (κ3) is 2.34. The van der Waals surface area contributed by atoms with Crippen LogP contribution in [0.3, 0.4) is 0 Å². The number of Topliss-reactive ketones (excluding diaryl/α,β-unsaturated/α-hetero) is 1. The first kappa shape index (κ1) is 9.71. The van der Waals surface area contributed by atoms with Crippen LogP contribution in [0.2, 0.25) is 0 Å². The number of carbonyl (C=O) groups excluding carboxylic acids is 2. The first-order valence-corrected chi connectivity index (χ1v) is 4.77. The van der Waals surface area contributed by atoms with E-state index in [9.17, 15) is 9.59 Å². The van der Waals surface area contributed by atoms with Crippen LogP contribution in [0.5, 0.6) is 0 Å². The van der Waals surface area contributed by atoms with Gasteiger partial charge in [0.1, 0.15) is 6.61 Å². The summed E-state index contributed by atoms with van der Waals surface area (Å²) in [6.07, 6.45) is -0.156. The maximum absolute atomic E-state index is 11.7. The molecule has 1 saturated heterocycles. The van der Waals surface area contributed by atoms with Crippen molar-refractivity contribution in [1.82, 2.24) is 5.32 Å². The maximum atomic E-state index is 11.7. The van der Waals surface area contributed by atoms with Crippen molar-refractivity contribution in [2.24, 2.45) is 0 Å². The van der Waals surface area contributed by atoms with Crippen molar-refractivity contribution in [3.05, 3.63) is 35.9 Å². The van der Waals surface area contributed by atoms with Crippen LogP contribution in [0.15, 0.2) is 30.3 Å². The van der Waals surface area contributed by atoms with Crippen LogP contribution in [-0.2, 0) is 4.74 Å². The van der Waals surface area contributed by atoms with Gasteiger partial charge in [-0.05, 0) is 0 Å². The molecular formula is C11H11NO3. The topological polar surface area (TPSA) is 55.4 Å². The molecule has 78 valence electrons. The minimum Gasteiger partial charge on any atom is -0.447 e. The predicted octanol–water partition coefficient (Wildman–Crippen LogP) is 1.37. The number of amides is 1. The zero-order valence-electron chi connectivity index (χ0n) is 8.10. The minimum absolute atomic E-state index is 0.0198. The van der Waals surface area contributed by atoms with Gasteiger partial charge in [0.25, 0.3) is 0 Å². The van der Waals surface area contributed by atoms with Crippen LogP contribution in [-0.4, -0.2) is 24.5 Å². The summed E-state index contributed by atoms with van der Waals surface area (Å²) in [6, 6.07) is 8.83. The van der Waals surface area contributed by atoms with E-state index >= 15 is 0 Å². The van der Waals surface area contributed by atoms with E-state index in [1.807, 2.05) is 18.2 Å². The van der Waals surface area contributed by atoms with E-state index in [0.29, 0.717) is 5.56 Å². The molecule has 1 atom stereocenters. The smallest absolute Gasteiger partial charge is 0.407 e. The Morgan fingerprint density at radius 3 is 2.73 bits per heavy atom. The number of cyclic esters (lactones) is 1. The van der Waals surface area contributed by atoms with Crippen molar-refractivity contribution in [3.8, 4) is 0 Å². The largest absolute Gasteiger partial charge is 0.447 e. The van der Waals surface area contributed by atoms with Crippen LogP contribution >= 0.6 is 0 Å². The van der Waals surface area contributed by atoms with E-state index in [1.165, 1.54) is 0 Å². The third-order valence-corrected chi connectivity index (χ3v) is 2.27. The molecule has 1 aliphatic heterocycles. The normalized spacial score (nSPS) is 19.5. The Morgan fingerprint density at radius 1 is 1.40 bits per heavy atom. The van der Waals surface area contributed by atoms with Gasteiger partial charge in [-0.25, -0.2) is 4.79 Å². The van der Waals surface area contributed by atoms with Crippen LogP contribution in [0.4, 0.5) is 4.79 Å². The monoisotopic (exact) mass is 205 g/mol. The fraction of sp³-hybridized carbons (Fsp3) is 0.273. The Hall–Kier alpha value is -1.84. The highest BCUT2D eigenvalue weighted by molar-refractivity contribution is 5.96. The highest BCUT2D eigenvalue weighted by atomic mass is 16.6. The molecule has 1 fully saturated rings. The number of alkyl carbamates (subject to hydrolysis) is 1. The average molecular weight is 205 g/mol. The molecular weight excluding hydrogens is 194 g/mol.